The highest BCUT2D eigenvalue weighted by atomic mass is 35.5. The average Bonchev–Trinajstić information content (AvgIpc) is 2.79. The van der Waals surface area contributed by atoms with Gasteiger partial charge in [0.1, 0.15) is 11.3 Å². The van der Waals surface area contributed by atoms with Crippen LogP contribution in [0.15, 0.2) is 63.8 Å². The molecule has 3 aromatic carbocycles. The van der Waals surface area contributed by atoms with Crippen molar-refractivity contribution in [3.8, 4) is 22.8 Å². The van der Waals surface area contributed by atoms with Crippen LogP contribution in [-0.4, -0.2) is 19.6 Å². The van der Waals surface area contributed by atoms with E-state index in [4.69, 9.17) is 25.5 Å². The highest BCUT2D eigenvalue weighted by Gasteiger charge is 2.20. The van der Waals surface area contributed by atoms with Gasteiger partial charge in [0.15, 0.2) is 12.4 Å². The fourth-order valence-electron chi connectivity index (χ4n) is 3.74. The SMILES string of the molecule is COc1ccc(NC(=O)COc2c(-c3ccc(C)cc3)oc3c(C)cc(C)cc3c2=O)cc1Cl. The number of hydrogen-bond donors (Lipinski definition) is 1. The second kappa shape index (κ2) is 9.61. The van der Waals surface area contributed by atoms with Crippen LogP contribution in [0.2, 0.25) is 5.02 Å². The van der Waals surface area contributed by atoms with Gasteiger partial charge in [-0.3, -0.25) is 9.59 Å². The molecule has 7 heteroatoms. The third-order valence-electron chi connectivity index (χ3n) is 5.38. The first-order valence-electron chi connectivity index (χ1n) is 10.7. The van der Waals surface area contributed by atoms with E-state index in [-0.39, 0.29) is 23.5 Å². The zero-order valence-electron chi connectivity index (χ0n) is 19.3. The number of methoxy groups -OCH3 is 1. The Hall–Kier alpha value is -3.77. The summed E-state index contributed by atoms with van der Waals surface area (Å²) in [6.45, 7) is 5.39. The molecule has 0 saturated carbocycles. The number of aryl methyl sites for hydroxylation is 3. The number of amides is 1. The van der Waals surface area contributed by atoms with Crippen molar-refractivity contribution in [3.05, 3.63) is 86.5 Å². The molecule has 0 radical (unpaired) electrons. The van der Waals surface area contributed by atoms with Gasteiger partial charge >= 0.3 is 0 Å². The van der Waals surface area contributed by atoms with E-state index in [0.29, 0.717) is 33.0 Å². The van der Waals surface area contributed by atoms with Crippen LogP contribution in [0.25, 0.3) is 22.3 Å². The number of ether oxygens (including phenoxy) is 2. The first-order chi connectivity index (χ1) is 16.3. The zero-order valence-corrected chi connectivity index (χ0v) is 20.1. The van der Waals surface area contributed by atoms with Crippen molar-refractivity contribution in [2.75, 3.05) is 19.0 Å². The summed E-state index contributed by atoms with van der Waals surface area (Å²) in [5, 5.41) is 3.48. The molecular formula is C27H24ClNO5. The van der Waals surface area contributed by atoms with E-state index in [2.05, 4.69) is 5.32 Å². The second-order valence-electron chi connectivity index (χ2n) is 8.10. The lowest BCUT2D eigenvalue weighted by Gasteiger charge is -2.13. The van der Waals surface area contributed by atoms with Crippen molar-refractivity contribution in [3.63, 3.8) is 0 Å². The Kier molecular flexibility index (Phi) is 6.61. The lowest BCUT2D eigenvalue weighted by molar-refractivity contribution is -0.118. The van der Waals surface area contributed by atoms with Crippen LogP contribution in [-0.2, 0) is 4.79 Å². The Morgan fingerprint density at radius 2 is 1.74 bits per heavy atom. The molecule has 0 bridgehead atoms. The van der Waals surface area contributed by atoms with Crippen LogP contribution < -0.4 is 20.2 Å². The molecule has 1 amide bonds. The molecule has 1 heterocycles. The minimum atomic E-state index is -0.448. The van der Waals surface area contributed by atoms with E-state index in [1.807, 2.05) is 51.1 Å². The molecule has 0 unspecified atom stereocenters. The van der Waals surface area contributed by atoms with Gasteiger partial charge in [0, 0.05) is 11.3 Å². The Morgan fingerprint density at radius 3 is 2.41 bits per heavy atom. The summed E-state index contributed by atoms with van der Waals surface area (Å²) >= 11 is 6.13. The number of anilines is 1. The highest BCUT2D eigenvalue weighted by Crippen LogP contribution is 2.33. The monoisotopic (exact) mass is 477 g/mol. The van der Waals surface area contributed by atoms with Crippen molar-refractivity contribution in [1.82, 2.24) is 0 Å². The van der Waals surface area contributed by atoms with Gasteiger partial charge in [-0.1, -0.05) is 47.5 Å². The molecule has 34 heavy (non-hydrogen) atoms. The van der Waals surface area contributed by atoms with Crippen molar-refractivity contribution >= 4 is 34.2 Å². The van der Waals surface area contributed by atoms with E-state index < -0.39 is 5.91 Å². The van der Waals surface area contributed by atoms with Crippen molar-refractivity contribution in [2.45, 2.75) is 20.8 Å². The molecule has 4 rings (SSSR count). The molecule has 0 atom stereocenters. The van der Waals surface area contributed by atoms with E-state index in [0.717, 1.165) is 16.7 Å². The van der Waals surface area contributed by atoms with Gasteiger partial charge in [0.2, 0.25) is 11.2 Å². The fraction of sp³-hybridized carbons (Fsp3) is 0.185. The van der Waals surface area contributed by atoms with Crippen molar-refractivity contribution < 1.29 is 18.7 Å². The van der Waals surface area contributed by atoms with E-state index in [9.17, 15) is 9.59 Å². The number of carbonyl (C=O) groups excluding carboxylic acids is 1. The largest absolute Gasteiger partial charge is 0.495 e. The number of nitrogens with one attached hydrogen (secondary N) is 1. The average molecular weight is 478 g/mol. The van der Waals surface area contributed by atoms with E-state index in [1.165, 1.54) is 7.11 Å². The third kappa shape index (κ3) is 4.77. The summed E-state index contributed by atoms with van der Waals surface area (Å²) in [6.07, 6.45) is 0. The fourth-order valence-corrected chi connectivity index (χ4v) is 3.99. The maximum atomic E-state index is 13.4. The first-order valence-corrected chi connectivity index (χ1v) is 11.1. The normalized spacial score (nSPS) is 10.9. The predicted octanol–water partition coefficient (Wildman–Crippen LogP) is 6.06. The van der Waals surface area contributed by atoms with Crippen LogP contribution in [0.3, 0.4) is 0 Å². The van der Waals surface area contributed by atoms with Crippen molar-refractivity contribution in [1.29, 1.82) is 0 Å². The maximum absolute atomic E-state index is 13.4. The summed E-state index contributed by atoms with van der Waals surface area (Å²) in [4.78, 5) is 26.0. The van der Waals surface area contributed by atoms with Gasteiger partial charge in [-0.2, -0.15) is 0 Å². The minimum Gasteiger partial charge on any atom is -0.495 e. The molecule has 1 N–H and O–H groups in total. The number of hydrogen-bond acceptors (Lipinski definition) is 5. The topological polar surface area (TPSA) is 77.8 Å². The van der Waals surface area contributed by atoms with Gasteiger partial charge < -0.3 is 19.2 Å². The van der Waals surface area contributed by atoms with Crippen LogP contribution in [0.5, 0.6) is 11.5 Å². The second-order valence-corrected chi connectivity index (χ2v) is 8.51. The van der Waals surface area contributed by atoms with Crippen LogP contribution in [0.4, 0.5) is 5.69 Å². The maximum Gasteiger partial charge on any atom is 0.262 e. The summed E-state index contributed by atoms with van der Waals surface area (Å²) in [7, 11) is 1.51. The highest BCUT2D eigenvalue weighted by molar-refractivity contribution is 6.32. The minimum absolute atomic E-state index is 0.00994. The van der Waals surface area contributed by atoms with Gasteiger partial charge in [-0.05, 0) is 56.2 Å². The molecule has 0 aliphatic rings. The van der Waals surface area contributed by atoms with Gasteiger partial charge in [0.05, 0.1) is 17.5 Å². The van der Waals surface area contributed by atoms with Gasteiger partial charge in [-0.25, -0.2) is 0 Å². The molecule has 0 spiro atoms. The lowest BCUT2D eigenvalue weighted by Crippen LogP contribution is -2.22. The summed E-state index contributed by atoms with van der Waals surface area (Å²) in [5.74, 6) is 0.322. The molecule has 0 fully saturated rings. The van der Waals surface area contributed by atoms with Crippen LogP contribution in [0, 0.1) is 20.8 Å². The molecule has 174 valence electrons. The van der Waals surface area contributed by atoms with Crippen LogP contribution >= 0.6 is 11.6 Å². The smallest absolute Gasteiger partial charge is 0.262 e. The number of rotatable bonds is 6. The molecule has 1 aromatic heterocycles. The quantitative estimate of drug-likeness (QED) is 0.365. The Bertz CT molecular complexity index is 1440. The summed E-state index contributed by atoms with van der Waals surface area (Å²) in [6, 6.07) is 16.2. The summed E-state index contributed by atoms with van der Waals surface area (Å²) < 4.78 is 17.1. The molecular weight excluding hydrogens is 454 g/mol. The Balaban J connectivity index is 1.69. The standard InChI is InChI=1S/C27H24ClNO5/c1-15-5-7-18(8-6-15)26-27(24(31)20-12-16(2)11-17(3)25(20)34-26)33-14-23(30)29-19-9-10-22(32-4)21(28)13-19/h5-13H,14H2,1-4H3,(H,29,30). The first kappa shape index (κ1) is 23.4. The Morgan fingerprint density at radius 1 is 1.00 bits per heavy atom. The summed E-state index contributed by atoms with van der Waals surface area (Å²) in [5.41, 5.74) is 4.18. The lowest BCUT2D eigenvalue weighted by atomic mass is 10.0. The Labute approximate surface area is 202 Å². The van der Waals surface area contributed by atoms with Crippen LogP contribution in [0.1, 0.15) is 16.7 Å². The third-order valence-corrected chi connectivity index (χ3v) is 5.67. The number of carbonyl (C=O) groups is 1. The molecule has 6 nitrogen and oxygen atoms in total. The number of fused-ring (bicyclic) bond motifs is 1. The molecule has 4 aromatic rings. The van der Waals surface area contributed by atoms with Gasteiger partial charge in [0.25, 0.3) is 5.91 Å². The molecule has 0 aliphatic carbocycles. The predicted molar refractivity (Wildman–Crippen MR) is 134 cm³/mol. The van der Waals surface area contributed by atoms with E-state index >= 15 is 0 Å². The molecule has 0 aliphatic heterocycles. The molecule has 0 saturated heterocycles. The zero-order chi connectivity index (χ0) is 24.4. The number of halogens is 1. The van der Waals surface area contributed by atoms with Crippen molar-refractivity contribution in [2.24, 2.45) is 0 Å². The van der Waals surface area contributed by atoms with E-state index in [1.54, 1.807) is 24.3 Å². The van der Waals surface area contributed by atoms with Gasteiger partial charge in [-0.15, -0.1) is 0 Å². The number of benzene rings is 3.